The van der Waals surface area contributed by atoms with Crippen molar-refractivity contribution in [2.24, 2.45) is 0 Å². The van der Waals surface area contributed by atoms with E-state index >= 15 is 0 Å². The van der Waals surface area contributed by atoms with Crippen LogP contribution < -0.4 is 10.2 Å². The normalized spacial score (nSPS) is 17.1. The minimum absolute atomic E-state index is 0.124. The Morgan fingerprint density at radius 2 is 1.73 bits per heavy atom. The van der Waals surface area contributed by atoms with Crippen molar-refractivity contribution >= 4 is 23.4 Å². The minimum Gasteiger partial charge on any atom is -0.379 e. The monoisotopic (exact) mass is 407 g/mol. The maximum absolute atomic E-state index is 13.3. The average molecular weight is 407 g/mol. The summed E-state index contributed by atoms with van der Waals surface area (Å²) in [7, 11) is 0. The molecule has 0 aliphatic carbocycles. The van der Waals surface area contributed by atoms with Gasteiger partial charge in [-0.3, -0.25) is 19.3 Å². The molecule has 2 aromatic rings. The predicted molar refractivity (Wildman–Crippen MR) is 112 cm³/mol. The van der Waals surface area contributed by atoms with Gasteiger partial charge in [-0.15, -0.1) is 0 Å². The number of ether oxygens (including phenoxy) is 1. The van der Waals surface area contributed by atoms with Gasteiger partial charge in [-0.25, -0.2) is 0 Å². The zero-order valence-electron chi connectivity index (χ0n) is 17.1. The lowest BCUT2D eigenvalue weighted by atomic mass is 10.0. The first kappa shape index (κ1) is 20.1. The molecule has 3 amide bonds. The molecule has 0 saturated carbocycles. The molecule has 7 heteroatoms. The van der Waals surface area contributed by atoms with E-state index in [0.29, 0.717) is 36.4 Å². The van der Waals surface area contributed by atoms with E-state index in [2.05, 4.69) is 5.32 Å². The second kappa shape index (κ2) is 8.28. The quantitative estimate of drug-likeness (QED) is 0.716. The van der Waals surface area contributed by atoms with Crippen molar-refractivity contribution in [2.45, 2.75) is 32.5 Å². The van der Waals surface area contributed by atoms with Crippen molar-refractivity contribution in [3.63, 3.8) is 0 Å². The topological polar surface area (TPSA) is 79.0 Å². The lowest BCUT2D eigenvalue weighted by Gasteiger charge is -2.40. The Kier molecular flexibility index (Phi) is 5.55. The Morgan fingerprint density at radius 3 is 2.50 bits per heavy atom. The predicted octanol–water partition coefficient (Wildman–Crippen LogP) is 2.73. The molecule has 0 saturated heterocycles. The lowest BCUT2D eigenvalue weighted by Crippen LogP contribution is -2.51. The highest BCUT2D eigenvalue weighted by molar-refractivity contribution is 6.17. The first-order valence-corrected chi connectivity index (χ1v) is 10.2. The number of rotatable bonds is 7. The molecule has 2 aromatic carbocycles. The number of anilines is 1. The molecule has 30 heavy (non-hydrogen) atoms. The number of amides is 3. The van der Waals surface area contributed by atoms with E-state index in [-0.39, 0.29) is 30.4 Å². The summed E-state index contributed by atoms with van der Waals surface area (Å²) in [4.78, 5) is 42.0. The fraction of sp³-hybridized carbons (Fsp3) is 0.348. The number of benzene rings is 2. The summed E-state index contributed by atoms with van der Waals surface area (Å²) in [5.41, 5.74) is 2.30. The highest BCUT2D eigenvalue weighted by atomic mass is 16.5. The van der Waals surface area contributed by atoms with E-state index in [1.54, 1.807) is 41.3 Å². The molecule has 156 valence electrons. The molecule has 7 nitrogen and oxygen atoms in total. The molecule has 2 aliphatic rings. The summed E-state index contributed by atoms with van der Waals surface area (Å²) >= 11 is 0. The zero-order valence-corrected chi connectivity index (χ0v) is 17.1. The van der Waals surface area contributed by atoms with E-state index in [1.165, 1.54) is 4.90 Å². The van der Waals surface area contributed by atoms with Crippen LogP contribution in [-0.2, 0) is 9.53 Å². The van der Waals surface area contributed by atoms with Crippen LogP contribution in [0.2, 0.25) is 0 Å². The molecule has 1 atom stereocenters. The average Bonchev–Trinajstić information content (AvgIpc) is 3.03. The van der Waals surface area contributed by atoms with Crippen molar-refractivity contribution in [1.82, 2.24) is 10.2 Å². The van der Waals surface area contributed by atoms with Crippen LogP contribution in [0.5, 0.6) is 0 Å². The van der Waals surface area contributed by atoms with Crippen LogP contribution in [0.3, 0.4) is 0 Å². The van der Waals surface area contributed by atoms with Gasteiger partial charge in [0, 0.05) is 24.3 Å². The summed E-state index contributed by atoms with van der Waals surface area (Å²) in [6.45, 7) is 4.83. The van der Waals surface area contributed by atoms with Gasteiger partial charge in [0.1, 0.15) is 12.7 Å². The number of hydrogen-bond acceptors (Lipinski definition) is 4. The fourth-order valence-corrected chi connectivity index (χ4v) is 3.96. The maximum Gasteiger partial charge on any atom is 0.260 e. The summed E-state index contributed by atoms with van der Waals surface area (Å²) < 4.78 is 5.48. The SMILES string of the molecule is CC(C)OCCCNC(=O)CN1C(=O)c2ccccc2N2C(=O)c3ccccc3[C@H]12. The van der Waals surface area contributed by atoms with E-state index < -0.39 is 6.17 Å². The largest absolute Gasteiger partial charge is 0.379 e. The molecule has 0 bridgehead atoms. The van der Waals surface area contributed by atoms with Crippen LogP contribution in [0.4, 0.5) is 5.69 Å². The van der Waals surface area contributed by atoms with Crippen molar-refractivity contribution < 1.29 is 19.1 Å². The van der Waals surface area contributed by atoms with Crippen molar-refractivity contribution in [3.8, 4) is 0 Å². The first-order valence-electron chi connectivity index (χ1n) is 10.2. The molecule has 0 aromatic heterocycles. The van der Waals surface area contributed by atoms with Crippen LogP contribution in [0.15, 0.2) is 48.5 Å². The second-order valence-corrected chi connectivity index (χ2v) is 7.71. The van der Waals surface area contributed by atoms with Gasteiger partial charge < -0.3 is 15.0 Å². The Labute approximate surface area is 175 Å². The third-order valence-corrected chi connectivity index (χ3v) is 5.29. The third kappa shape index (κ3) is 3.57. The molecule has 1 N–H and O–H groups in total. The van der Waals surface area contributed by atoms with Crippen LogP contribution in [0.1, 0.15) is 52.7 Å². The third-order valence-electron chi connectivity index (χ3n) is 5.29. The van der Waals surface area contributed by atoms with Gasteiger partial charge in [-0.1, -0.05) is 30.3 Å². The number of nitrogens with zero attached hydrogens (tertiary/aromatic N) is 2. The van der Waals surface area contributed by atoms with Gasteiger partial charge in [0.2, 0.25) is 5.91 Å². The van der Waals surface area contributed by atoms with Gasteiger partial charge in [0.25, 0.3) is 11.8 Å². The Balaban J connectivity index is 1.56. The van der Waals surface area contributed by atoms with Crippen LogP contribution in [0.25, 0.3) is 0 Å². The Hall–Kier alpha value is -3.19. The van der Waals surface area contributed by atoms with Gasteiger partial charge in [0.15, 0.2) is 0 Å². The lowest BCUT2D eigenvalue weighted by molar-refractivity contribution is -0.122. The molecule has 0 spiro atoms. The van der Waals surface area contributed by atoms with Crippen LogP contribution in [0, 0.1) is 0 Å². The van der Waals surface area contributed by atoms with E-state index in [0.717, 1.165) is 5.56 Å². The van der Waals surface area contributed by atoms with E-state index in [1.807, 2.05) is 26.0 Å². The molecule has 2 aliphatic heterocycles. The minimum atomic E-state index is -0.619. The fourth-order valence-electron chi connectivity index (χ4n) is 3.96. The molecular weight excluding hydrogens is 382 g/mol. The Morgan fingerprint density at radius 1 is 1.03 bits per heavy atom. The molecule has 2 heterocycles. The number of carbonyl (C=O) groups is 3. The van der Waals surface area contributed by atoms with Gasteiger partial charge in [-0.2, -0.15) is 0 Å². The smallest absolute Gasteiger partial charge is 0.260 e. The molecule has 0 radical (unpaired) electrons. The summed E-state index contributed by atoms with van der Waals surface area (Å²) in [5.74, 6) is -0.675. The summed E-state index contributed by atoms with van der Waals surface area (Å²) in [6.07, 6.45) is 0.223. The van der Waals surface area contributed by atoms with Crippen molar-refractivity contribution in [2.75, 3.05) is 24.6 Å². The maximum atomic E-state index is 13.3. The molecule has 4 rings (SSSR count). The highest BCUT2D eigenvalue weighted by Gasteiger charge is 2.47. The summed E-state index contributed by atoms with van der Waals surface area (Å²) in [6, 6.07) is 14.3. The second-order valence-electron chi connectivity index (χ2n) is 7.71. The van der Waals surface area contributed by atoms with Crippen molar-refractivity contribution in [1.29, 1.82) is 0 Å². The van der Waals surface area contributed by atoms with Crippen LogP contribution >= 0.6 is 0 Å². The number of carbonyl (C=O) groups excluding carboxylic acids is 3. The number of fused-ring (bicyclic) bond motifs is 5. The van der Waals surface area contributed by atoms with Crippen LogP contribution in [-0.4, -0.2) is 48.4 Å². The molecular formula is C23H25N3O4. The van der Waals surface area contributed by atoms with Crippen molar-refractivity contribution in [3.05, 3.63) is 65.2 Å². The van der Waals surface area contributed by atoms with Gasteiger partial charge in [0.05, 0.1) is 17.4 Å². The molecule has 0 unspecified atom stereocenters. The number of hydrogen-bond donors (Lipinski definition) is 1. The summed E-state index contributed by atoms with van der Waals surface area (Å²) in [5, 5.41) is 2.85. The van der Waals surface area contributed by atoms with Gasteiger partial charge in [-0.05, 0) is 38.5 Å². The zero-order chi connectivity index (χ0) is 21.3. The van der Waals surface area contributed by atoms with Gasteiger partial charge >= 0.3 is 0 Å². The van der Waals surface area contributed by atoms with E-state index in [4.69, 9.17) is 4.74 Å². The standard InChI is InChI=1S/C23H25N3O4/c1-15(2)30-13-7-12-24-20(27)14-25-21-16-8-3-4-9-17(16)23(29)26(21)19-11-6-5-10-18(19)22(25)28/h3-6,8-11,15,21H,7,12-14H2,1-2H3,(H,24,27)/t21-/m1/s1. The molecule has 0 fully saturated rings. The Bertz CT molecular complexity index is 988. The van der Waals surface area contributed by atoms with E-state index in [9.17, 15) is 14.4 Å². The first-order chi connectivity index (χ1) is 14.5. The number of nitrogens with one attached hydrogen (secondary N) is 1. The number of para-hydroxylation sites is 1. The highest BCUT2D eigenvalue weighted by Crippen LogP contribution is 2.44.